The number of fused-ring (bicyclic) bond motifs is 1. The second-order valence-corrected chi connectivity index (χ2v) is 6.53. The van der Waals surface area contributed by atoms with Gasteiger partial charge in [0, 0.05) is 22.0 Å². The zero-order valence-corrected chi connectivity index (χ0v) is 16.0. The molecule has 2 aromatic carbocycles. The lowest BCUT2D eigenvalue weighted by molar-refractivity contribution is -0.513. The molecule has 0 saturated heterocycles. The second-order valence-electron chi connectivity index (χ2n) is 6.53. The van der Waals surface area contributed by atoms with Crippen molar-refractivity contribution in [2.24, 2.45) is 0 Å². The highest BCUT2D eigenvalue weighted by molar-refractivity contribution is 5.87. The molecule has 0 aliphatic rings. The zero-order valence-electron chi connectivity index (χ0n) is 16.0. The SMILES string of the molecule is CCOC(=O)[C@@H]([C@H](c1ccc(C)cc1)c1c[nH]c2ccc(OC)cc12)[N+](=O)[O-]. The molecule has 3 aromatic rings. The average molecular weight is 382 g/mol. The molecular formula is C21H22N2O5. The number of ether oxygens (including phenoxy) is 2. The first-order valence-electron chi connectivity index (χ1n) is 8.98. The van der Waals surface area contributed by atoms with Crippen molar-refractivity contribution in [1.29, 1.82) is 0 Å². The summed E-state index contributed by atoms with van der Waals surface area (Å²) in [5.41, 5.74) is 3.15. The molecule has 146 valence electrons. The molecule has 2 atom stereocenters. The fraction of sp³-hybridized carbons (Fsp3) is 0.286. The first kappa shape index (κ1) is 19.4. The number of aromatic nitrogens is 1. The van der Waals surface area contributed by atoms with Crippen LogP contribution in [0.1, 0.15) is 29.5 Å². The van der Waals surface area contributed by atoms with E-state index in [4.69, 9.17) is 9.47 Å². The molecule has 28 heavy (non-hydrogen) atoms. The van der Waals surface area contributed by atoms with Gasteiger partial charge in [0.25, 0.3) is 0 Å². The number of hydrogen-bond acceptors (Lipinski definition) is 5. The number of carbonyl (C=O) groups excluding carboxylic acids is 1. The fourth-order valence-electron chi connectivity index (χ4n) is 3.38. The molecule has 3 rings (SSSR count). The zero-order chi connectivity index (χ0) is 20.3. The number of carbonyl (C=O) groups is 1. The number of benzene rings is 2. The molecule has 0 aliphatic heterocycles. The summed E-state index contributed by atoms with van der Waals surface area (Å²) in [4.78, 5) is 27.0. The summed E-state index contributed by atoms with van der Waals surface area (Å²) < 4.78 is 10.3. The Hall–Kier alpha value is -3.35. The van der Waals surface area contributed by atoms with E-state index in [-0.39, 0.29) is 6.61 Å². The third-order valence-corrected chi connectivity index (χ3v) is 4.76. The van der Waals surface area contributed by atoms with Gasteiger partial charge in [-0.2, -0.15) is 0 Å². The topological polar surface area (TPSA) is 94.5 Å². The second kappa shape index (κ2) is 8.12. The van der Waals surface area contributed by atoms with Crippen LogP contribution in [-0.2, 0) is 9.53 Å². The molecule has 0 radical (unpaired) electrons. The van der Waals surface area contributed by atoms with E-state index in [0.29, 0.717) is 16.9 Å². The Morgan fingerprint density at radius 1 is 1.21 bits per heavy atom. The van der Waals surface area contributed by atoms with Crippen LogP contribution in [0.25, 0.3) is 10.9 Å². The van der Waals surface area contributed by atoms with Crippen LogP contribution in [0.5, 0.6) is 5.75 Å². The number of nitrogens with one attached hydrogen (secondary N) is 1. The number of nitrogens with zero attached hydrogens (tertiary/aromatic N) is 1. The lowest BCUT2D eigenvalue weighted by Crippen LogP contribution is -2.37. The van der Waals surface area contributed by atoms with Crippen LogP contribution in [0.15, 0.2) is 48.7 Å². The van der Waals surface area contributed by atoms with Gasteiger partial charge in [0.15, 0.2) is 0 Å². The number of esters is 1. The molecular weight excluding hydrogens is 360 g/mol. The van der Waals surface area contributed by atoms with Gasteiger partial charge in [0.05, 0.1) is 19.6 Å². The van der Waals surface area contributed by atoms with E-state index < -0.39 is 22.9 Å². The maximum atomic E-state index is 12.5. The van der Waals surface area contributed by atoms with Crippen molar-refractivity contribution < 1.29 is 19.2 Å². The molecule has 7 nitrogen and oxygen atoms in total. The van der Waals surface area contributed by atoms with Crippen molar-refractivity contribution in [2.75, 3.05) is 13.7 Å². The van der Waals surface area contributed by atoms with Crippen molar-refractivity contribution in [1.82, 2.24) is 4.98 Å². The van der Waals surface area contributed by atoms with Gasteiger partial charge in [-0.3, -0.25) is 10.1 Å². The molecule has 7 heteroatoms. The standard InChI is InChI=1S/C21H22N2O5/c1-4-28-21(24)20(23(25)26)19(14-7-5-13(2)6-8-14)17-12-22-18-10-9-15(27-3)11-16(17)18/h5-12,19-20,22H,4H2,1-3H3/t19-,20-/m1/s1. The van der Waals surface area contributed by atoms with E-state index >= 15 is 0 Å². The number of methoxy groups -OCH3 is 1. The van der Waals surface area contributed by atoms with E-state index in [9.17, 15) is 14.9 Å². The van der Waals surface area contributed by atoms with E-state index in [0.717, 1.165) is 16.5 Å². The maximum Gasteiger partial charge on any atom is 0.382 e. The number of H-pyrrole nitrogens is 1. The van der Waals surface area contributed by atoms with Gasteiger partial charge in [-0.25, -0.2) is 4.79 Å². The minimum Gasteiger partial charge on any atom is -0.497 e. The Balaban J connectivity index is 2.22. The van der Waals surface area contributed by atoms with Gasteiger partial charge < -0.3 is 14.5 Å². The average Bonchev–Trinajstić information content (AvgIpc) is 3.09. The minimum absolute atomic E-state index is 0.0749. The van der Waals surface area contributed by atoms with Gasteiger partial charge in [0.1, 0.15) is 5.75 Å². The molecule has 1 aromatic heterocycles. The van der Waals surface area contributed by atoms with Crippen molar-refractivity contribution in [3.63, 3.8) is 0 Å². The lowest BCUT2D eigenvalue weighted by atomic mass is 9.84. The Kier molecular flexibility index (Phi) is 5.63. The van der Waals surface area contributed by atoms with E-state index in [1.54, 1.807) is 26.3 Å². The molecule has 0 saturated carbocycles. The largest absolute Gasteiger partial charge is 0.497 e. The third-order valence-electron chi connectivity index (χ3n) is 4.76. The minimum atomic E-state index is -1.56. The molecule has 1 heterocycles. The Morgan fingerprint density at radius 2 is 1.93 bits per heavy atom. The van der Waals surface area contributed by atoms with E-state index in [2.05, 4.69) is 4.98 Å². The Bertz CT molecular complexity index is 994. The fourth-order valence-corrected chi connectivity index (χ4v) is 3.38. The lowest BCUT2D eigenvalue weighted by Gasteiger charge is -2.20. The van der Waals surface area contributed by atoms with Crippen molar-refractivity contribution in [3.05, 3.63) is 75.5 Å². The van der Waals surface area contributed by atoms with Crippen LogP contribution in [0.4, 0.5) is 0 Å². The first-order valence-corrected chi connectivity index (χ1v) is 8.98. The summed E-state index contributed by atoms with van der Waals surface area (Å²) in [5.74, 6) is -1.03. The number of nitro groups is 1. The highest BCUT2D eigenvalue weighted by atomic mass is 16.6. The van der Waals surface area contributed by atoms with Crippen molar-refractivity contribution >= 4 is 16.9 Å². The molecule has 0 bridgehead atoms. The summed E-state index contributed by atoms with van der Waals surface area (Å²) in [6.07, 6.45) is 1.71. The number of rotatable bonds is 7. The highest BCUT2D eigenvalue weighted by Crippen LogP contribution is 2.36. The van der Waals surface area contributed by atoms with Crippen LogP contribution in [0.3, 0.4) is 0 Å². The summed E-state index contributed by atoms with van der Waals surface area (Å²) in [7, 11) is 1.56. The number of hydrogen-bond donors (Lipinski definition) is 1. The van der Waals surface area contributed by atoms with Crippen molar-refractivity contribution in [3.8, 4) is 5.75 Å². The predicted octanol–water partition coefficient (Wildman–Crippen LogP) is 3.83. The third kappa shape index (κ3) is 3.69. The molecule has 1 N–H and O–H groups in total. The van der Waals surface area contributed by atoms with Gasteiger partial charge in [-0.15, -0.1) is 0 Å². The molecule has 0 fully saturated rings. The van der Waals surface area contributed by atoms with Crippen LogP contribution in [-0.4, -0.2) is 35.6 Å². The summed E-state index contributed by atoms with van der Waals surface area (Å²) in [5, 5.41) is 12.7. The van der Waals surface area contributed by atoms with Crippen molar-refractivity contribution in [2.45, 2.75) is 25.8 Å². The van der Waals surface area contributed by atoms with Gasteiger partial charge in [0.2, 0.25) is 0 Å². The summed E-state index contributed by atoms with van der Waals surface area (Å²) in [6.45, 7) is 3.64. The normalized spacial score (nSPS) is 13.1. The van der Waals surface area contributed by atoms with Gasteiger partial charge >= 0.3 is 12.0 Å². The molecule has 0 aliphatic carbocycles. The van der Waals surface area contributed by atoms with E-state index in [1.807, 2.05) is 43.3 Å². The molecule has 0 amide bonds. The quantitative estimate of drug-likeness (QED) is 0.381. The maximum absolute atomic E-state index is 12.5. The highest BCUT2D eigenvalue weighted by Gasteiger charge is 2.43. The number of aryl methyl sites for hydroxylation is 1. The molecule has 0 spiro atoms. The van der Waals surface area contributed by atoms with Crippen LogP contribution < -0.4 is 4.74 Å². The predicted molar refractivity (Wildman–Crippen MR) is 105 cm³/mol. The Labute approximate surface area is 162 Å². The first-order chi connectivity index (χ1) is 13.5. The molecule has 0 unspecified atom stereocenters. The summed E-state index contributed by atoms with van der Waals surface area (Å²) in [6, 6.07) is 11.3. The Morgan fingerprint density at radius 3 is 2.54 bits per heavy atom. The van der Waals surface area contributed by atoms with Gasteiger partial charge in [-0.1, -0.05) is 29.8 Å². The number of aromatic amines is 1. The van der Waals surface area contributed by atoms with Gasteiger partial charge in [-0.05, 0) is 43.2 Å². The monoisotopic (exact) mass is 382 g/mol. The van der Waals surface area contributed by atoms with Crippen LogP contribution >= 0.6 is 0 Å². The summed E-state index contributed by atoms with van der Waals surface area (Å²) >= 11 is 0. The van der Waals surface area contributed by atoms with Crippen LogP contribution in [0, 0.1) is 17.0 Å². The van der Waals surface area contributed by atoms with Crippen LogP contribution in [0.2, 0.25) is 0 Å². The van der Waals surface area contributed by atoms with E-state index in [1.165, 1.54) is 0 Å². The smallest absolute Gasteiger partial charge is 0.382 e.